The largest absolute Gasteiger partial charge is 0.454 e. The zero-order valence-electron chi connectivity index (χ0n) is 10.5. The molecule has 0 spiro atoms. The summed E-state index contributed by atoms with van der Waals surface area (Å²) >= 11 is 0. The molecule has 1 aliphatic carbocycles. The van der Waals surface area contributed by atoms with E-state index in [2.05, 4.69) is 0 Å². The van der Waals surface area contributed by atoms with Gasteiger partial charge in [-0.05, 0) is 23.3 Å². The number of nitro benzene ring substituents is 1. The van der Waals surface area contributed by atoms with E-state index >= 15 is 0 Å². The Morgan fingerprint density at radius 1 is 1.15 bits per heavy atom. The van der Waals surface area contributed by atoms with Gasteiger partial charge in [-0.25, -0.2) is 4.79 Å². The van der Waals surface area contributed by atoms with Gasteiger partial charge in [0.25, 0.3) is 5.69 Å². The van der Waals surface area contributed by atoms with Crippen molar-refractivity contribution in [3.8, 4) is 0 Å². The number of hydrogen-bond donors (Lipinski definition) is 0. The summed E-state index contributed by atoms with van der Waals surface area (Å²) < 4.78 is 5.39. The van der Waals surface area contributed by atoms with Crippen LogP contribution < -0.4 is 0 Å². The molecular weight excluding hydrogens is 258 g/mol. The lowest BCUT2D eigenvalue weighted by atomic mass is 9.85. The van der Waals surface area contributed by atoms with Gasteiger partial charge in [-0.15, -0.1) is 0 Å². The number of nitrogens with zero attached hydrogens (tertiary/aromatic N) is 1. The van der Waals surface area contributed by atoms with E-state index in [0.717, 1.165) is 12.0 Å². The molecule has 5 heteroatoms. The maximum atomic E-state index is 11.9. The van der Waals surface area contributed by atoms with E-state index in [-0.39, 0.29) is 11.8 Å². The third-order valence-electron chi connectivity index (χ3n) is 3.37. The van der Waals surface area contributed by atoms with E-state index in [1.54, 1.807) is 0 Å². The van der Waals surface area contributed by atoms with Crippen molar-refractivity contribution in [1.82, 2.24) is 0 Å². The first-order valence-corrected chi connectivity index (χ1v) is 6.18. The lowest BCUT2D eigenvalue weighted by Crippen LogP contribution is -2.22. The van der Waals surface area contributed by atoms with Gasteiger partial charge in [0.1, 0.15) is 6.10 Å². The van der Waals surface area contributed by atoms with Crippen LogP contribution in [0.3, 0.4) is 0 Å². The minimum absolute atomic E-state index is 0.0458. The zero-order chi connectivity index (χ0) is 14.1. The highest BCUT2D eigenvalue weighted by Crippen LogP contribution is 2.36. The molecule has 0 fully saturated rings. The standard InChI is InChI=1S/C15H11NO4/c17-15(10-5-7-12(8-6-10)16(18)19)20-14-9-11-3-1-2-4-13(11)14/h1-8,14H,9H2/t14-/m1/s1. The average Bonchev–Trinajstić information content (AvgIpc) is 2.44. The summed E-state index contributed by atoms with van der Waals surface area (Å²) in [7, 11) is 0. The number of non-ortho nitro benzene ring substituents is 1. The topological polar surface area (TPSA) is 69.4 Å². The monoisotopic (exact) mass is 269 g/mol. The van der Waals surface area contributed by atoms with E-state index in [4.69, 9.17) is 4.74 Å². The Bertz CT molecular complexity index is 679. The summed E-state index contributed by atoms with van der Waals surface area (Å²) in [5.74, 6) is -0.459. The smallest absolute Gasteiger partial charge is 0.338 e. The summed E-state index contributed by atoms with van der Waals surface area (Å²) in [6, 6.07) is 13.2. The summed E-state index contributed by atoms with van der Waals surface area (Å²) in [5.41, 5.74) is 2.49. The van der Waals surface area contributed by atoms with Crippen LogP contribution in [0.2, 0.25) is 0 Å². The van der Waals surface area contributed by atoms with E-state index in [1.165, 1.54) is 29.8 Å². The summed E-state index contributed by atoms with van der Waals surface area (Å²) in [6.45, 7) is 0. The Kier molecular flexibility index (Phi) is 2.95. The first kappa shape index (κ1) is 12.3. The molecule has 1 atom stereocenters. The normalized spacial score (nSPS) is 15.9. The predicted octanol–water partition coefficient (Wildman–Crippen LogP) is 3.05. The molecular formula is C15H11NO4. The molecule has 0 bridgehead atoms. The average molecular weight is 269 g/mol. The number of carbonyl (C=O) groups excluding carboxylic acids is 1. The molecule has 1 aliphatic rings. The van der Waals surface area contributed by atoms with Crippen LogP contribution in [0.1, 0.15) is 27.6 Å². The van der Waals surface area contributed by atoms with Crippen LogP contribution in [0.15, 0.2) is 48.5 Å². The number of rotatable bonds is 3. The van der Waals surface area contributed by atoms with E-state index in [0.29, 0.717) is 5.56 Å². The second-order valence-electron chi connectivity index (χ2n) is 4.60. The van der Waals surface area contributed by atoms with Gasteiger partial charge < -0.3 is 4.74 Å². The fraction of sp³-hybridized carbons (Fsp3) is 0.133. The lowest BCUT2D eigenvalue weighted by Gasteiger charge is -2.29. The Hall–Kier alpha value is -2.69. The van der Waals surface area contributed by atoms with Gasteiger partial charge in [-0.1, -0.05) is 24.3 Å². The van der Waals surface area contributed by atoms with E-state index in [1.807, 2.05) is 24.3 Å². The van der Waals surface area contributed by atoms with Crippen molar-refractivity contribution < 1.29 is 14.5 Å². The zero-order valence-corrected chi connectivity index (χ0v) is 10.5. The van der Waals surface area contributed by atoms with Crippen LogP contribution in [0.5, 0.6) is 0 Å². The van der Waals surface area contributed by atoms with Gasteiger partial charge in [0.2, 0.25) is 0 Å². The van der Waals surface area contributed by atoms with E-state index in [9.17, 15) is 14.9 Å². The molecule has 0 unspecified atom stereocenters. The van der Waals surface area contributed by atoms with Crippen molar-refractivity contribution >= 4 is 11.7 Å². The number of fused-ring (bicyclic) bond motifs is 1. The summed E-state index contributed by atoms with van der Waals surface area (Å²) in [6.07, 6.45) is 0.503. The maximum absolute atomic E-state index is 11.9. The second kappa shape index (κ2) is 4.77. The molecule has 0 radical (unpaired) electrons. The van der Waals surface area contributed by atoms with Gasteiger partial charge in [0.05, 0.1) is 10.5 Å². The Morgan fingerprint density at radius 3 is 2.50 bits per heavy atom. The highest BCUT2D eigenvalue weighted by Gasteiger charge is 2.29. The van der Waals surface area contributed by atoms with Crippen LogP contribution in [0.25, 0.3) is 0 Å². The highest BCUT2D eigenvalue weighted by molar-refractivity contribution is 5.90. The predicted molar refractivity (Wildman–Crippen MR) is 71.4 cm³/mol. The SMILES string of the molecule is O=C(O[C@@H]1Cc2ccccc21)c1ccc([N+](=O)[O-])cc1. The van der Waals surface area contributed by atoms with Crippen molar-refractivity contribution in [3.63, 3.8) is 0 Å². The van der Waals surface area contributed by atoms with Crippen LogP contribution in [0.4, 0.5) is 5.69 Å². The molecule has 0 aliphatic heterocycles. The molecule has 100 valence electrons. The van der Waals surface area contributed by atoms with Crippen molar-refractivity contribution in [3.05, 3.63) is 75.3 Å². The molecule has 3 rings (SSSR count). The molecule has 0 saturated heterocycles. The number of nitro groups is 1. The Morgan fingerprint density at radius 2 is 1.85 bits per heavy atom. The van der Waals surface area contributed by atoms with Crippen LogP contribution >= 0.6 is 0 Å². The summed E-state index contributed by atoms with van der Waals surface area (Å²) in [5, 5.41) is 10.5. The minimum atomic E-state index is -0.503. The molecule has 5 nitrogen and oxygen atoms in total. The van der Waals surface area contributed by atoms with Gasteiger partial charge in [-0.3, -0.25) is 10.1 Å². The third kappa shape index (κ3) is 2.14. The molecule has 0 aromatic heterocycles. The van der Waals surface area contributed by atoms with Gasteiger partial charge in [0.15, 0.2) is 0 Å². The van der Waals surface area contributed by atoms with Crippen molar-refractivity contribution in [2.75, 3.05) is 0 Å². The minimum Gasteiger partial charge on any atom is -0.454 e. The molecule has 20 heavy (non-hydrogen) atoms. The van der Waals surface area contributed by atoms with Crippen LogP contribution in [-0.2, 0) is 11.2 Å². The van der Waals surface area contributed by atoms with Gasteiger partial charge in [-0.2, -0.15) is 0 Å². The van der Waals surface area contributed by atoms with Crippen LogP contribution in [-0.4, -0.2) is 10.9 Å². The first-order valence-electron chi connectivity index (χ1n) is 6.18. The summed E-state index contributed by atoms with van der Waals surface area (Å²) in [4.78, 5) is 22.0. The highest BCUT2D eigenvalue weighted by atomic mass is 16.6. The van der Waals surface area contributed by atoms with Crippen molar-refractivity contribution in [1.29, 1.82) is 0 Å². The lowest BCUT2D eigenvalue weighted by molar-refractivity contribution is -0.384. The molecule has 0 heterocycles. The van der Waals surface area contributed by atoms with E-state index < -0.39 is 10.9 Å². The molecule has 2 aromatic rings. The number of ether oxygens (including phenoxy) is 1. The first-order chi connectivity index (χ1) is 9.65. The fourth-order valence-corrected chi connectivity index (χ4v) is 2.23. The quantitative estimate of drug-likeness (QED) is 0.488. The molecule has 2 aromatic carbocycles. The maximum Gasteiger partial charge on any atom is 0.338 e. The number of carbonyl (C=O) groups is 1. The van der Waals surface area contributed by atoms with Crippen LogP contribution in [0, 0.1) is 10.1 Å². The van der Waals surface area contributed by atoms with Crippen molar-refractivity contribution in [2.24, 2.45) is 0 Å². The Balaban J connectivity index is 1.70. The number of esters is 1. The molecule has 0 N–H and O–H groups in total. The second-order valence-corrected chi connectivity index (χ2v) is 4.60. The molecule has 0 amide bonds. The third-order valence-corrected chi connectivity index (χ3v) is 3.37. The van der Waals surface area contributed by atoms with Gasteiger partial charge >= 0.3 is 5.97 Å². The number of benzene rings is 2. The van der Waals surface area contributed by atoms with Crippen molar-refractivity contribution in [2.45, 2.75) is 12.5 Å². The Labute approximate surface area is 115 Å². The van der Waals surface area contributed by atoms with Gasteiger partial charge in [0, 0.05) is 18.6 Å². The fourth-order valence-electron chi connectivity index (χ4n) is 2.23. The molecule has 0 saturated carbocycles. The number of hydrogen-bond acceptors (Lipinski definition) is 4.